The molecule has 0 aliphatic heterocycles. The summed E-state index contributed by atoms with van der Waals surface area (Å²) in [5, 5.41) is 11.4. The molecule has 3 heteroatoms. The summed E-state index contributed by atoms with van der Waals surface area (Å²) in [5.41, 5.74) is 0. The predicted octanol–water partition coefficient (Wildman–Crippen LogP) is 1.07. The van der Waals surface area contributed by atoms with Crippen LogP contribution in [0, 0.1) is 11.8 Å². The van der Waals surface area contributed by atoms with Crippen molar-refractivity contribution in [2.24, 2.45) is 0 Å². The van der Waals surface area contributed by atoms with Crippen LogP contribution in [0.3, 0.4) is 0 Å². The van der Waals surface area contributed by atoms with Gasteiger partial charge < -0.3 is 5.11 Å². The Morgan fingerprint density at radius 2 is 2.45 bits per heavy atom. The normalized spacial score (nSPS) is 8.82. The Bertz CT molecular complexity index is 245. The highest BCUT2D eigenvalue weighted by Gasteiger charge is 1.88. The number of rotatable bonds is 2. The standard InChI is InChI=1S/C8H9NOS/c10-6-3-1-2-4-8-9-5-7-11-8/h5,7,10H,3-4,6H2. The first-order valence-electron chi connectivity index (χ1n) is 3.38. The van der Waals surface area contributed by atoms with Crippen molar-refractivity contribution >= 4 is 11.3 Å². The van der Waals surface area contributed by atoms with Gasteiger partial charge in [-0.3, -0.25) is 0 Å². The number of aromatic nitrogens is 1. The average molecular weight is 167 g/mol. The minimum Gasteiger partial charge on any atom is -0.395 e. The maximum absolute atomic E-state index is 8.41. The fourth-order valence-electron chi connectivity index (χ4n) is 0.623. The highest BCUT2D eigenvalue weighted by atomic mass is 32.1. The summed E-state index contributed by atoms with van der Waals surface area (Å²) in [6, 6.07) is 0. The first-order chi connectivity index (χ1) is 5.43. The number of aliphatic hydroxyl groups excluding tert-OH is 1. The van der Waals surface area contributed by atoms with Crippen molar-refractivity contribution < 1.29 is 5.11 Å². The van der Waals surface area contributed by atoms with Gasteiger partial charge >= 0.3 is 0 Å². The molecule has 0 aliphatic carbocycles. The van der Waals surface area contributed by atoms with E-state index in [4.69, 9.17) is 5.11 Å². The molecule has 0 saturated heterocycles. The molecule has 2 nitrogen and oxygen atoms in total. The van der Waals surface area contributed by atoms with Crippen molar-refractivity contribution in [3.63, 3.8) is 0 Å². The van der Waals surface area contributed by atoms with Gasteiger partial charge in [0.25, 0.3) is 0 Å². The lowest BCUT2D eigenvalue weighted by Gasteiger charge is -1.81. The van der Waals surface area contributed by atoms with E-state index in [0.717, 1.165) is 5.01 Å². The Hall–Kier alpha value is -0.850. The van der Waals surface area contributed by atoms with Gasteiger partial charge in [-0.15, -0.1) is 17.3 Å². The van der Waals surface area contributed by atoms with Gasteiger partial charge in [-0.1, -0.05) is 5.92 Å². The number of hydrogen-bond donors (Lipinski definition) is 1. The zero-order valence-electron chi connectivity index (χ0n) is 6.08. The molecule has 0 aliphatic rings. The third kappa shape index (κ3) is 3.17. The van der Waals surface area contributed by atoms with Crippen LogP contribution >= 0.6 is 11.3 Å². The molecule has 1 aromatic heterocycles. The first kappa shape index (κ1) is 8.25. The van der Waals surface area contributed by atoms with E-state index < -0.39 is 0 Å². The lowest BCUT2D eigenvalue weighted by atomic mass is 10.4. The van der Waals surface area contributed by atoms with E-state index in [1.54, 1.807) is 17.5 Å². The van der Waals surface area contributed by atoms with Crippen molar-refractivity contribution in [2.45, 2.75) is 12.8 Å². The molecule has 1 aromatic rings. The summed E-state index contributed by atoms with van der Waals surface area (Å²) in [6.45, 7) is 0.144. The number of hydrogen-bond acceptors (Lipinski definition) is 3. The van der Waals surface area contributed by atoms with Gasteiger partial charge in [-0.25, -0.2) is 4.98 Å². The number of nitrogens with zero attached hydrogens (tertiary/aromatic N) is 1. The molecule has 1 heterocycles. The largest absolute Gasteiger partial charge is 0.395 e. The summed E-state index contributed by atoms with van der Waals surface area (Å²) < 4.78 is 0. The van der Waals surface area contributed by atoms with Gasteiger partial charge in [0.1, 0.15) is 5.01 Å². The molecular weight excluding hydrogens is 158 g/mol. The van der Waals surface area contributed by atoms with Gasteiger partial charge in [0.15, 0.2) is 0 Å². The summed E-state index contributed by atoms with van der Waals surface area (Å²) >= 11 is 1.60. The van der Waals surface area contributed by atoms with Gasteiger partial charge in [-0.05, 0) is 0 Å². The third-order valence-corrected chi connectivity index (χ3v) is 1.86. The molecular formula is C8H9NOS. The second-order valence-corrected chi connectivity index (χ2v) is 2.91. The zero-order valence-corrected chi connectivity index (χ0v) is 6.90. The topological polar surface area (TPSA) is 33.1 Å². The molecule has 0 aromatic carbocycles. The molecule has 0 spiro atoms. The third-order valence-electron chi connectivity index (χ3n) is 1.08. The average Bonchev–Trinajstić information content (AvgIpc) is 2.50. The minimum absolute atomic E-state index is 0.144. The van der Waals surface area contributed by atoms with Crippen molar-refractivity contribution in [1.29, 1.82) is 0 Å². The van der Waals surface area contributed by atoms with Crippen LogP contribution in [0.25, 0.3) is 0 Å². The Balaban J connectivity index is 2.30. The molecule has 1 rings (SSSR count). The Morgan fingerprint density at radius 1 is 1.55 bits per heavy atom. The second-order valence-electron chi connectivity index (χ2n) is 1.93. The van der Waals surface area contributed by atoms with E-state index in [2.05, 4.69) is 16.8 Å². The van der Waals surface area contributed by atoms with Crippen LogP contribution in [-0.2, 0) is 6.42 Å². The molecule has 0 bridgehead atoms. The SMILES string of the molecule is OCCC#CCc1nccs1. The lowest BCUT2D eigenvalue weighted by molar-refractivity contribution is 0.305. The molecule has 1 N–H and O–H groups in total. The molecule has 58 valence electrons. The summed E-state index contributed by atoms with van der Waals surface area (Å²) in [7, 11) is 0. The molecule has 0 saturated carbocycles. The Kier molecular flexibility index (Phi) is 3.67. The molecule has 11 heavy (non-hydrogen) atoms. The van der Waals surface area contributed by atoms with Crippen LogP contribution < -0.4 is 0 Å². The maximum Gasteiger partial charge on any atom is 0.104 e. The van der Waals surface area contributed by atoms with E-state index in [-0.39, 0.29) is 6.61 Å². The van der Waals surface area contributed by atoms with E-state index in [1.165, 1.54) is 0 Å². The number of aliphatic hydroxyl groups is 1. The van der Waals surface area contributed by atoms with Gasteiger partial charge in [0, 0.05) is 18.0 Å². The Morgan fingerprint density at radius 3 is 3.09 bits per heavy atom. The number of thiazole rings is 1. The van der Waals surface area contributed by atoms with Crippen LogP contribution in [0.15, 0.2) is 11.6 Å². The van der Waals surface area contributed by atoms with Crippen molar-refractivity contribution in [3.8, 4) is 11.8 Å². The van der Waals surface area contributed by atoms with Crippen molar-refractivity contribution in [3.05, 3.63) is 16.6 Å². The summed E-state index contributed by atoms with van der Waals surface area (Å²) in [5.74, 6) is 5.77. The first-order valence-corrected chi connectivity index (χ1v) is 4.26. The fourth-order valence-corrected chi connectivity index (χ4v) is 1.18. The molecule has 0 fully saturated rings. The van der Waals surface area contributed by atoms with E-state index in [9.17, 15) is 0 Å². The Labute approximate surface area is 69.9 Å². The van der Waals surface area contributed by atoms with E-state index >= 15 is 0 Å². The van der Waals surface area contributed by atoms with Crippen LogP contribution in [0.4, 0.5) is 0 Å². The zero-order chi connectivity index (χ0) is 7.94. The second kappa shape index (κ2) is 4.89. The summed E-state index contributed by atoms with van der Waals surface area (Å²) in [6.07, 6.45) is 3.04. The minimum atomic E-state index is 0.144. The van der Waals surface area contributed by atoms with Crippen LogP contribution in [0.2, 0.25) is 0 Å². The molecule has 0 atom stereocenters. The molecule has 0 unspecified atom stereocenters. The van der Waals surface area contributed by atoms with Crippen molar-refractivity contribution in [1.82, 2.24) is 4.98 Å². The maximum atomic E-state index is 8.41. The van der Waals surface area contributed by atoms with E-state index in [1.807, 2.05) is 5.38 Å². The molecule has 0 radical (unpaired) electrons. The van der Waals surface area contributed by atoms with Crippen LogP contribution in [-0.4, -0.2) is 16.7 Å². The monoisotopic (exact) mass is 167 g/mol. The predicted molar refractivity (Wildman–Crippen MR) is 45.3 cm³/mol. The molecule has 0 amide bonds. The quantitative estimate of drug-likeness (QED) is 0.668. The van der Waals surface area contributed by atoms with Crippen LogP contribution in [0.5, 0.6) is 0 Å². The van der Waals surface area contributed by atoms with Gasteiger partial charge in [0.2, 0.25) is 0 Å². The van der Waals surface area contributed by atoms with Gasteiger partial charge in [-0.2, -0.15) is 0 Å². The van der Waals surface area contributed by atoms with E-state index in [0.29, 0.717) is 12.8 Å². The van der Waals surface area contributed by atoms with Crippen molar-refractivity contribution in [2.75, 3.05) is 6.61 Å². The smallest absolute Gasteiger partial charge is 0.104 e. The highest BCUT2D eigenvalue weighted by molar-refractivity contribution is 7.09. The summed E-state index contributed by atoms with van der Waals surface area (Å²) in [4.78, 5) is 4.07. The van der Waals surface area contributed by atoms with Gasteiger partial charge in [0.05, 0.1) is 13.0 Å². The van der Waals surface area contributed by atoms with Crippen LogP contribution in [0.1, 0.15) is 11.4 Å². The fraction of sp³-hybridized carbons (Fsp3) is 0.375. The lowest BCUT2D eigenvalue weighted by Crippen LogP contribution is -1.79. The highest BCUT2D eigenvalue weighted by Crippen LogP contribution is 2.02.